The van der Waals surface area contributed by atoms with Gasteiger partial charge in [0.15, 0.2) is 0 Å². The third-order valence-electron chi connectivity index (χ3n) is 7.50. The Hall–Kier alpha value is -3.15. The highest BCUT2D eigenvalue weighted by atomic mass is 16.2. The van der Waals surface area contributed by atoms with Crippen molar-refractivity contribution in [2.75, 3.05) is 18.5 Å². The van der Waals surface area contributed by atoms with Gasteiger partial charge in [0.05, 0.1) is 11.0 Å². The first-order valence-corrected chi connectivity index (χ1v) is 12.5. The van der Waals surface area contributed by atoms with E-state index in [1.54, 1.807) is 0 Å². The Morgan fingerprint density at radius 3 is 2.50 bits per heavy atom. The van der Waals surface area contributed by atoms with E-state index in [-0.39, 0.29) is 24.3 Å². The summed E-state index contributed by atoms with van der Waals surface area (Å²) >= 11 is 0. The molecule has 0 bridgehead atoms. The van der Waals surface area contributed by atoms with E-state index in [2.05, 4.69) is 36.6 Å². The number of aryl methyl sites for hydroxylation is 2. The van der Waals surface area contributed by atoms with Gasteiger partial charge < -0.3 is 14.4 Å². The number of para-hydroxylation sites is 2. The Morgan fingerprint density at radius 2 is 1.76 bits per heavy atom. The number of imidazole rings is 1. The molecule has 34 heavy (non-hydrogen) atoms. The molecule has 0 N–H and O–H groups in total. The lowest BCUT2D eigenvalue weighted by Gasteiger charge is -2.31. The van der Waals surface area contributed by atoms with Crippen molar-refractivity contribution in [2.45, 2.75) is 70.9 Å². The van der Waals surface area contributed by atoms with Crippen LogP contribution < -0.4 is 4.90 Å². The molecule has 0 spiro atoms. The Kier molecular flexibility index (Phi) is 6.15. The van der Waals surface area contributed by atoms with Gasteiger partial charge in [-0.05, 0) is 62.1 Å². The summed E-state index contributed by atoms with van der Waals surface area (Å²) in [5.74, 6) is 1.02. The molecule has 2 aliphatic rings. The van der Waals surface area contributed by atoms with E-state index < -0.39 is 0 Å². The zero-order valence-electron chi connectivity index (χ0n) is 20.5. The fraction of sp³-hybridized carbons (Fsp3) is 0.464. The van der Waals surface area contributed by atoms with Crippen molar-refractivity contribution in [3.05, 3.63) is 59.4 Å². The topological polar surface area (TPSA) is 58.4 Å². The summed E-state index contributed by atoms with van der Waals surface area (Å²) in [7, 11) is 1.94. The normalized spacial score (nSPS) is 19.2. The van der Waals surface area contributed by atoms with E-state index in [9.17, 15) is 9.59 Å². The maximum atomic E-state index is 13.3. The van der Waals surface area contributed by atoms with Crippen molar-refractivity contribution in [1.82, 2.24) is 14.5 Å². The Balaban J connectivity index is 1.44. The molecular formula is C28H34N4O2. The molecule has 6 nitrogen and oxygen atoms in total. The fourth-order valence-corrected chi connectivity index (χ4v) is 5.73. The van der Waals surface area contributed by atoms with Crippen LogP contribution in [-0.2, 0) is 16.1 Å². The molecule has 1 saturated heterocycles. The van der Waals surface area contributed by atoms with Crippen LogP contribution in [0.15, 0.2) is 42.5 Å². The van der Waals surface area contributed by atoms with Gasteiger partial charge in [-0.2, -0.15) is 0 Å². The highest BCUT2D eigenvalue weighted by molar-refractivity contribution is 5.96. The summed E-state index contributed by atoms with van der Waals surface area (Å²) in [6, 6.07) is 14.6. The number of anilines is 1. The SMILES string of the molecule is Cc1cc(C)cc(N2CC(c3nc4ccccc4n3CC(=O)N(C)C3CCCCC3)CC2=O)c1. The zero-order valence-corrected chi connectivity index (χ0v) is 20.5. The van der Waals surface area contributed by atoms with Crippen LogP contribution in [0.3, 0.4) is 0 Å². The Labute approximate surface area is 201 Å². The summed E-state index contributed by atoms with van der Waals surface area (Å²) in [6.45, 7) is 4.96. The minimum Gasteiger partial charge on any atom is -0.341 e. The second-order valence-corrected chi connectivity index (χ2v) is 10.1. The molecule has 6 heteroatoms. The van der Waals surface area contributed by atoms with Crippen molar-refractivity contribution >= 4 is 28.5 Å². The molecule has 1 atom stereocenters. The van der Waals surface area contributed by atoms with Gasteiger partial charge in [-0.3, -0.25) is 9.59 Å². The van der Waals surface area contributed by atoms with Gasteiger partial charge in [0.25, 0.3) is 0 Å². The predicted octanol–water partition coefficient (Wildman–Crippen LogP) is 4.96. The number of carbonyl (C=O) groups excluding carboxylic acids is 2. The number of hydrogen-bond acceptors (Lipinski definition) is 3. The number of nitrogens with zero attached hydrogens (tertiary/aromatic N) is 4. The van der Waals surface area contributed by atoms with Crippen LogP contribution in [0.4, 0.5) is 5.69 Å². The summed E-state index contributed by atoms with van der Waals surface area (Å²) in [4.78, 5) is 35.2. The Bertz CT molecular complexity index is 1200. The molecule has 1 unspecified atom stereocenters. The van der Waals surface area contributed by atoms with Gasteiger partial charge in [-0.1, -0.05) is 37.5 Å². The highest BCUT2D eigenvalue weighted by Gasteiger charge is 2.35. The van der Waals surface area contributed by atoms with Crippen molar-refractivity contribution in [2.24, 2.45) is 0 Å². The summed E-state index contributed by atoms with van der Waals surface area (Å²) in [5.41, 5.74) is 5.08. The van der Waals surface area contributed by atoms with E-state index >= 15 is 0 Å². The van der Waals surface area contributed by atoms with E-state index in [0.29, 0.717) is 19.0 Å². The molecule has 5 rings (SSSR count). The van der Waals surface area contributed by atoms with E-state index in [0.717, 1.165) is 46.5 Å². The van der Waals surface area contributed by atoms with Crippen LogP contribution in [0.2, 0.25) is 0 Å². The number of benzene rings is 2. The van der Waals surface area contributed by atoms with Crippen molar-refractivity contribution < 1.29 is 9.59 Å². The summed E-state index contributed by atoms with van der Waals surface area (Å²) < 4.78 is 2.06. The first kappa shape index (κ1) is 22.6. The van der Waals surface area contributed by atoms with Crippen molar-refractivity contribution in [1.29, 1.82) is 0 Å². The number of carbonyl (C=O) groups is 2. The maximum Gasteiger partial charge on any atom is 0.242 e. The third kappa shape index (κ3) is 4.33. The van der Waals surface area contributed by atoms with Crippen LogP contribution in [-0.4, -0.2) is 45.9 Å². The Morgan fingerprint density at radius 1 is 1.06 bits per heavy atom. The van der Waals surface area contributed by atoms with Crippen LogP contribution >= 0.6 is 0 Å². The number of fused-ring (bicyclic) bond motifs is 1. The molecule has 2 fully saturated rings. The van der Waals surface area contributed by atoms with Gasteiger partial charge in [0.2, 0.25) is 11.8 Å². The lowest BCUT2D eigenvalue weighted by Crippen LogP contribution is -2.40. The highest BCUT2D eigenvalue weighted by Crippen LogP contribution is 2.34. The first-order valence-electron chi connectivity index (χ1n) is 12.5. The second-order valence-electron chi connectivity index (χ2n) is 10.1. The van der Waals surface area contributed by atoms with Gasteiger partial charge >= 0.3 is 0 Å². The van der Waals surface area contributed by atoms with Crippen LogP contribution in [0.25, 0.3) is 11.0 Å². The molecular weight excluding hydrogens is 424 g/mol. The number of aromatic nitrogens is 2. The lowest BCUT2D eigenvalue weighted by atomic mass is 9.94. The molecule has 2 heterocycles. The van der Waals surface area contributed by atoms with E-state index in [1.807, 2.05) is 41.1 Å². The van der Waals surface area contributed by atoms with Crippen LogP contribution in [0.1, 0.15) is 61.4 Å². The number of likely N-dealkylation sites (N-methyl/N-ethyl adjacent to an activating group) is 1. The fourth-order valence-electron chi connectivity index (χ4n) is 5.73. The second kappa shape index (κ2) is 9.24. The minimum absolute atomic E-state index is 0.0477. The molecule has 2 aromatic carbocycles. The maximum absolute atomic E-state index is 13.3. The third-order valence-corrected chi connectivity index (χ3v) is 7.50. The van der Waals surface area contributed by atoms with Crippen molar-refractivity contribution in [3.8, 4) is 0 Å². The number of hydrogen-bond donors (Lipinski definition) is 0. The summed E-state index contributed by atoms with van der Waals surface area (Å²) in [5, 5.41) is 0. The smallest absolute Gasteiger partial charge is 0.242 e. The van der Waals surface area contributed by atoms with Gasteiger partial charge in [0.1, 0.15) is 12.4 Å². The molecule has 0 radical (unpaired) electrons. The van der Waals surface area contributed by atoms with Gasteiger partial charge in [-0.15, -0.1) is 0 Å². The van der Waals surface area contributed by atoms with E-state index in [4.69, 9.17) is 4.98 Å². The largest absolute Gasteiger partial charge is 0.341 e. The average molecular weight is 459 g/mol. The van der Waals surface area contributed by atoms with Crippen LogP contribution in [0, 0.1) is 13.8 Å². The summed E-state index contributed by atoms with van der Waals surface area (Å²) in [6.07, 6.45) is 6.23. The first-order chi connectivity index (χ1) is 16.4. The zero-order chi connectivity index (χ0) is 23.8. The van der Waals surface area contributed by atoms with Crippen LogP contribution in [0.5, 0.6) is 0 Å². The van der Waals surface area contributed by atoms with Crippen molar-refractivity contribution in [3.63, 3.8) is 0 Å². The molecule has 1 saturated carbocycles. The molecule has 3 aromatic rings. The van der Waals surface area contributed by atoms with E-state index in [1.165, 1.54) is 19.3 Å². The predicted molar refractivity (Wildman–Crippen MR) is 135 cm³/mol. The number of amides is 2. The molecule has 178 valence electrons. The lowest BCUT2D eigenvalue weighted by molar-refractivity contribution is -0.133. The van der Waals surface area contributed by atoms with Gasteiger partial charge in [-0.25, -0.2) is 4.98 Å². The molecule has 1 aliphatic heterocycles. The molecule has 1 aromatic heterocycles. The molecule has 2 amide bonds. The van der Waals surface area contributed by atoms with Gasteiger partial charge in [0, 0.05) is 37.7 Å². The average Bonchev–Trinajstić information content (AvgIpc) is 3.39. The number of rotatable bonds is 5. The minimum atomic E-state index is -0.0477. The monoisotopic (exact) mass is 458 g/mol. The quantitative estimate of drug-likeness (QED) is 0.543. The standard InChI is InChI=1S/C28H34N4O2/c1-19-13-20(2)15-23(14-19)31-17-21(16-26(31)33)28-29-24-11-7-8-12-25(24)32(28)18-27(34)30(3)22-9-5-4-6-10-22/h7-8,11-15,21-22H,4-6,9-10,16-18H2,1-3H3. The molecule has 1 aliphatic carbocycles.